The summed E-state index contributed by atoms with van der Waals surface area (Å²) in [5.74, 6) is -0.633. The summed E-state index contributed by atoms with van der Waals surface area (Å²) in [4.78, 5) is 23.2. The van der Waals surface area contributed by atoms with Crippen LogP contribution in [0.15, 0.2) is 42.5 Å². The van der Waals surface area contributed by atoms with E-state index in [1.165, 1.54) is 16.4 Å². The fourth-order valence-electron chi connectivity index (χ4n) is 3.65. The summed E-state index contributed by atoms with van der Waals surface area (Å²) in [6.07, 6.45) is 0.819. The van der Waals surface area contributed by atoms with E-state index >= 15 is 0 Å². The van der Waals surface area contributed by atoms with Crippen LogP contribution in [0, 0.1) is 29.9 Å². The molecule has 0 spiro atoms. The van der Waals surface area contributed by atoms with Gasteiger partial charge in [0, 0.05) is 25.1 Å². The molecule has 0 atom stereocenters. The lowest BCUT2D eigenvalue weighted by molar-refractivity contribution is -0.385. The Balaban J connectivity index is 1.61. The smallest absolute Gasteiger partial charge is 0.274 e. The maximum absolute atomic E-state index is 12.8. The molecule has 1 aliphatic rings. The Labute approximate surface area is 176 Å². The number of nitro groups is 1. The molecule has 0 unspecified atom stereocenters. The van der Waals surface area contributed by atoms with Crippen molar-refractivity contribution in [3.05, 3.63) is 69.3 Å². The van der Waals surface area contributed by atoms with E-state index in [0.29, 0.717) is 24.1 Å². The number of hydrogen-bond donors (Lipinski definition) is 1. The van der Waals surface area contributed by atoms with Gasteiger partial charge in [-0.05, 0) is 43.9 Å². The lowest BCUT2D eigenvalue weighted by atomic mass is 9.97. The largest absolute Gasteiger partial charge is 0.325 e. The Bertz CT molecular complexity index is 1060. The van der Waals surface area contributed by atoms with Gasteiger partial charge >= 0.3 is 0 Å². The molecule has 1 heterocycles. The van der Waals surface area contributed by atoms with E-state index in [0.717, 1.165) is 11.1 Å². The van der Waals surface area contributed by atoms with Crippen LogP contribution in [-0.2, 0) is 20.6 Å². The molecule has 3 rings (SSSR count). The number of piperidine rings is 1. The zero-order valence-corrected chi connectivity index (χ0v) is 17.8. The topological polar surface area (TPSA) is 110 Å². The minimum absolute atomic E-state index is 0.0510. The highest BCUT2D eigenvalue weighted by molar-refractivity contribution is 7.88. The molecule has 30 heavy (non-hydrogen) atoms. The average molecular weight is 432 g/mol. The van der Waals surface area contributed by atoms with Crippen molar-refractivity contribution in [2.24, 2.45) is 5.92 Å². The number of carbonyl (C=O) groups excluding carboxylic acids is 1. The molecule has 0 bridgehead atoms. The lowest BCUT2D eigenvalue weighted by Crippen LogP contribution is -2.42. The summed E-state index contributed by atoms with van der Waals surface area (Å²) in [7, 11) is -3.46. The van der Waals surface area contributed by atoms with Crippen molar-refractivity contribution >= 4 is 27.3 Å². The van der Waals surface area contributed by atoms with Gasteiger partial charge in [-0.1, -0.05) is 30.3 Å². The number of anilines is 1. The monoisotopic (exact) mass is 431 g/mol. The van der Waals surface area contributed by atoms with E-state index in [4.69, 9.17) is 0 Å². The first-order valence-electron chi connectivity index (χ1n) is 9.76. The van der Waals surface area contributed by atoms with Crippen LogP contribution in [0.3, 0.4) is 0 Å². The Morgan fingerprint density at radius 1 is 1.13 bits per heavy atom. The number of benzene rings is 2. The Morgan fingerprint density at radius 2 is 1.80 bits per heavy atom. The number of nitro benzene ring substituents is 1. The summed E-state index contributed by atoms with van der Waals surface area (Å²) in [5, 5.41) is 13.8. The van der Waals surface area contributed by atoms with E-state index in [2.05, 4.69) is 5.32 Å². The molecule has 0 aromatic heterocycles. The third-order valence-corrected chi connectivity index (χ3v) is 7.40. The molecule has 8 nitrogen and oxygen atoms in total. The predicted molar refractivity (Wildman–Crippen MR) is 115 cm³/mol. The van der Waals surface area contributed by atoms with Gasteiger partial charge in [-0.15, -0.1) is 0 Å². The summed E-state index contributed by atoms with van der Waals surface area (Å²) < 4.78 is 27.0. The van der Waals surface area contributed by atoms with Gasteiger partial charge in [-0.2, -0.15) is 0 Å². The first kappa shape index (κ1) is 21.9. The molecular formula is C21H25N3O5S. The molecule has 0 aliphatic carbocycles. The fourth-order valence-corrected chi connectivity index (χ4v) is 5.31. The molecule has 9 heteroatoms. The van der Waals surface area contributed by atoms with Crippen LogP contribution in [0.1, 0.15) is 29.5 Å². The molecule has 1 fully saturated rings. The number of rotatable bonds is 6. The predicted octanol–water partition coefficient (Wildman–Crippen LogP) is 3.39. The van der Waals surface area contributed by atoms with E-state index in [1.807, 2.05) is 31.2 Å². The SMILES string of the molecule is Cc1ccccc1CS(=O)(=O)N1CCC(C(=O)Nc2cccc([N+](=O)[O-])c2C)CC1. The summed E-state index contributed by atoms with van der Waals surface area (Å²) >= 11 is 0. The molecule has 0 radical (unpaired) electrons. The second-order valence-electron chi connectivity index (χ2n) is 7.55. The number of amides is 1. The summed E-state index contributed by atoms with van der Waals surface area (Å²) in [6.45, 7) is 4.03. The number of nitrogens with zero attached hydrogens (tertiary/aromatic N) is 2. The molecule has 160 valence electrons. The Hall–Kier alpha value is -2.78. The molecule has 2 aromatic carbocycles. The van der Waals surface area contributed by atoms with Crippen molar-refractivity contribution < 1.29 is 18.1 Å². The van der Waals surface area contributed by atoms with E-state index in [-0.39, 0.29) is 36.4 Å². The highest BCUT2D eigenvalue weighted by Gasteiger charge is 2.31. The molecular weight excluding hydrogens is 406 g/mol. The molecule has 0 saturated carbocycles. The Kier molecular flexibility index (Phi) is 6.52. The number of carbonyl (C=O) groups is 1. The van der Waals surface area contributed by atoms with E-state index in [1.54, 1.807) is 13.0 Å². The van der Waals surface area contributed by atoms with Crippen molar-refractivity contribution in [1.82, 2.24) is 4.31 Å². The first-order valence-corrected chi connectivity index (χ1v) is 11.4. The van der Waals surface area contributed by atoms with Crippen LogP contribution < -0.4 is 5.32 Å². The van der Waals surface area contributed by atoms with Gasteiger partial charge in [0.2, 0.25) is 15.9 Å². The molecule has 1 aliphatic heterocycles. The minimum atomic E-state index is -3.46. The van der Waals surface area contributed by atoms with Crippen molar-refractivity contribution in [3.63, 3.8) is 0 Å². The van der Waals surface area contributed by atoms with Gasteiger partial charge in [0.25, 0.3) is 5.69 Å². The highest BCUT2D eigenvalue weighted by Crippen LogP contribution is 2.27. The fraction of sp³-hybridized carbons (Fsp3) is 0.381. The molecule has 1 saturated heterocycles. The third kappa shape index (κ3) is 4.85. The second-order valence-corrected chi connectivity index (χ2v) is 9.52. The van der Waals surface area contributed by atoms with Crippen molar-refractivity contribution in [2.75, 3.05) is 18.4 Å². The van der Waals surface area contributed by atoms with Crippen LogP contribution >= 0.6 is 0 Å². The summed E-state index contributed by atoms with van der Waals surface area (Å²) in [6, 6.07) is 11.9. The highest BCUT2D eigenvalue weighted by atomic mass is 32.2. The summed E-state index contributed by atoms with van der Waals surface area (Å²) in [5.41, 5.74) is 2.46. The molecule has 1 amide bonds. The zero-order chi connectivity index (χ0) is 21.9. The number of sulfonamides is 1. The quantitative estimate of drug-likeness (QED) is 0.557. The zero-order valence-electron chi connectivity index (χ0n) is 17.0. The Morgan fingerprint density at radius 3 is 2.43 bits per heavy atom. The number of nitrogens with one attached hydrogen (secondary N) is 1. The van der Waals surface area contributed by atoms with Gasteiger partial charge in [0.15, 0.2) is 0 Å². The van der Waals surface area contributed by atoms with Gasteiger partial charge in [-0.25, -0.2) is 12.7 Å². The maximum atomic E-state index is 12.8. The van der Waals surface area contributed by atoms with Crippen LogP contribution in [0.4, 0.5) is 11.4 Å². The van der Waals surface area contributed by atoms with Gasteiger partial charge < -0.3 is 5.32 Å². The van der Waals surface area contributed by atoms with Crippen molar-refractivity contribution in [2.45, 2.75) is 32.4 Å². The van der Waals surface area contributed by atoms with Gasteiger partial charge in [0.1, 0.15) is 0 Å². The lowest BCUT2D eigenvalue weighted by Gasteiger charge is -2.30. The van der Waals surface area contributed by atoms with Crippen LogP contribution in [-0.4, -0.2) is 36.6 Å². The van der Waals surface area contributed by atoms with Crippen molar-refractivity contribution in [1.29, 1.82) is 0 Å². The van der Waals surface area contributed by atoms with Crippen LogP contribution in [0.25, 0.3) is 0 Å². The maximum Gasteiger partial charge on any atom is 0.274 e. The molecule has 2 aromatic rings. The standard InChI is InChI=1S/C21H25N3O5S/c1-15-6-3-4-7-18(15)14-30(28,29)23-12-10-17(11-13-23)21(25)22-19-8-5-9-20(16(19)2)24(26)27/h3-9,17H,10-14H2,1-2H3,(H,22,25). The number of hydrogen-bond acceptors (Lipinski definition) is 5. The average Bonchev–Trinajstić information content (AvgIpc) is 2.71. The van der Waals surface area contributed by atoms with E-state index in [9.17, 15) is 23.3 Å². The minimum Gasteiger partial charge on any atom is -0.325 e. The van der Waals surface area contributed by atoms with Crippen LogP contribution in [0.5, 0.6) is 0 Å². The first-order chi connectivity index (χ1) is 14.2. The normalized spacial score (nSPS) is 15.7. The van der Waals surface area contributed by atoms with Crippen LogP contribution in [0.2, 0.25) is 0 Å². The van der Waals surface area contributed by atoms with E-state index < -0.39 is 14.9 Å². The third-order valence-electron chi connectivity index (χ3n) is 5.58. The molecule has 1 N–H and O–H groups in total. The van der Waals surface area contributed by atoms with Gasteiger partial charge in [0.05, 0.1) is 21.9 Å². The van der Waals surface area contributed by atoms with Gasteiger partial charge in [-0.3, -0.25) is 14.9 Å². The number of aryl methyl sites for hydroxylation is 1. The second kappa shape index (κ2) is 8.93. The van der Waals surface area contributed by atoms with Crippen molar-refractivity contribution in [3.8, 4) is 0 Å².